The van der Waals surface area contributed by atoms with E-state index in [1.54, 1.807) is 36.4 Å². The van der Waals surface area contributed by atoms with Gasteiger partial charge in [-0.15, -0.1) is 0 Å². The number of hydrogen-bond acceptors (Lipinski definition) is 2. The Hall–Kier alpha value is -3.14. The lowest BCUT2D eigenvalue weighted by molar-refractivity contribution is 0.0696. The quantitative estimate of drug-likeness (QED) is 0.446. The van der Waals surface area contributed by atoms with Gasteiger partial charge >= 0.3 is 5.97 Å². The van der Waals surface area contributed by atoms with Gasteiger partial charge in [-0.1, -0.05) is 52.0 Å². The second-order valence-corrected chi connectivity index (χ2v) is 10.4. The monoisotopic (exact) mass is 446 g/mol. The lowest BCUT2D eigenvalue weighted by Gasteiger charge is -2.42. The van der Waals surface area contributed by atoms with Crippen LogP contribution in [0, 0.1) is 12.7 Å². The summed E-state index contributed by atoms with van der Waals surface area (Å²) < 4.78 is 19.9. The highest BCUT2D eigenvalue weighted by Crippen LogP contribution is 2.47. The van der Waals surface area contributed by atoms with Crippen LogP contribution in [0.15, 0.2) is 60.7 Å². The number of benzene rings is 3. The van der Waals surface area contributed by atoms with Crippen LogP contribution in [0.4, 0.5) is 4.39 Å². The van der Waals surface area contributed by atoms with Crippen molar-refractivity contribution in [1.29, 1.82) is 0 Å². The molecule has 0 amide bonds. The standard InChI is InChI=1S/C29H31FO3/c1-18-16-24-25(29(4,5)15-14-28(24,2)3)17-23(18)26(33-22-12-10-21(30)11-13-22)19-6-8-20(9-7-19)27(31)32/h6-13,16-17,26H,14-15H2,1-5H3,(H,31,32). The van der Waals surface area contributed by atoms with Crippen LogP contribution in [0.2, 0.25) is 0 Å². The molecule has 0 aliphatic heterocycles. The molecule has 3 aromatic rings. The Bertz CT molecular complexity index is 1170. The van der Waals surface area contributed by atoms with Gasteiger partial charge in [-0.05, 0) is 89.2 Å². The van der Waals surface area contributed by atoms with Crippen molar-refractivity contribution >= 4 is 5.97 Å². The Morgan fingerprint density at radius 1 is 0.909 bits per heavy atom. The summed E-state index contributed by atoms with van der Waals surface area (Å²) in [4.78, 5) is 11.4. The van der Waals surface area contributed by atoms with Crippen LogP contribution in [0.5, 0.6) is 5.75 Å². The third-order valence-corrected chi connectivity index (χ3v) is 7.05. The molecule has 33 heavy (non-hydrogen) atoms. The highest BCUT2D eigenvalue weighted by Gasteiger charge is 2.38. The number of ether oxygens (including phenoxy) is 1. The second-order valence-electron chi connectivity index (χ2n) is 10.4. The number of halogens is 1. The van der Waals surface area contributed by atoms with Gasteiger partial charge in [0.25, 0.3) is 0 Å². The highest BCUT2D eigenvalue weighted by atomic mass is 19.1. The fourth-order valence-electron chi connectivity index (χ4n) is 4.78. The molecule has 1 aliphatic rings. The number of hydrogen-bond donors (Lipinski definition) is 1. The lowest BCUT2D eigenvalue weighted by Crippen LogP contribution is -2.34. The van der Waals surface area contributed by atoms with E-state index in [1.165, 1.54) is 23.3 Å². The van der Waals surface area contributed by atoms with Crippen molar-refractivity contribution in [2.24, 2.45) is 0 Å². The van der Waals surface area contributed by atoms with Crippen LogP contribution in [-0.2, 0) is 10.8 Å². The molecule has 3 aromatic carbocycles. The van der Waals surface area contributed by atoms with E-state index in [4.69, 9.17) is 4.74 Å². The van der Waals surface area contributed by atoms with E-state index in [2.05, 4.69) is 46.8 Å². The minimum Gasteiger partial charge on any atom is -0.481 e. The normalized spacial score (nSPS) is 17.2. The van der Waals surface area contributed by atoms with Crippen LogP contribution in [0.3, 0.4) is 0 Å². The van der Waals surface area contributed by atoms with E-state index in [-0.39, 0.29) is 22.2 Å². The summed E-state index contributed by atoms with van der Waals surface area (Å²) in [6.07, 6.45) is 1.79. The average molecular weight is 447 g/mol. The molecule has 3 nitrogen and oxygen atoms in total. The molecule has 0 saturated heterocycles. The van der Waals surface area contributed by atoms with E-state index >= 15 is 0 Å². The first-order chi connectivity index (χ1) is 15.5. The molecular weight excluding hydrogens is 415 g/mol. The third kappa shape index (κ3) is 4.52. The third-order valence-electron chi connectivity index (χ3n) is 7.05. The Kier molecular flexibility index (Phi) is 5.81. The number of fused-ring (bicyclic) bond motifs is 1. The van der Waals surface area contributed by atoms with Crippen molar-refractivity contribution < 1.29 is 19.0 Å². The first kappa shape index (κ1) is 23.0. The minimum absolute atomic E-state index is 0.0426. The van der Waals surface area contributed by atoms with Gasteiger partial charge in [-0.3, -0.25) is 0 Å². The predicted molar refractivity (Wildman–Crippen MR) is 129 cm³/mol. The fourth-order valence-corrected chi connectivity index (χ4v) is 4.78. The Morgan fingerprint density at radius 2 is 1.45 bits per heavy atom. The molecule has 4 rings (SSSR count). The molecule has 0 radical (unpaired) electrons. The molecule has 0 fully saturated rings. The van der Waals surface area contributed by atoms with Crippen LogP contribution >= 0.6 is 0 Å². The maximum atomic E-state index is 13.5. The first-order valence-corrected chi connectivity index (χ1v) is 11.4. The zero-order valence-electron chi connectivity index (χ0n) is 19.9. The van der Waals surface area contributed by atoms with Gasteiger partial charge in [0.05, 0.1) is 5.56 Å². The number of aryl methyl sites for hydroxylation is 1. The van der Waals surface area contributed by atoms with Gasteiger partial charge in [0.2, 0.25) is 0 Å². The molecule has 1 N–H and O–H groups in total. The fraction of sp³-hybridized carbons (Fsp3) is 0.345. The highest BCUT2D eigenvalue weighted by molar-refractivity contribution is 5.87. The summed E-state index contributed by atoms with van der Waals surface area (Å²) >= 11 is 0. The largest absolute Gasteiger partial charge is 0.481 e. The summed E-state index contributed by atoms with van der Waals surface area (Å²) in [5, 5.41) is 9.31. The van der Waals surface area contributed by atoms with Gasteiger partial charge in [0.1, 0.15) is 17.7 Å². The number of carboxylic acids is 1. The number of carboxylic acid groups (broad SMARTS) is 1. The first-order valence-electron chi connectivity index (χ1n) is 11.4. The van der Waals surface area contributed by atoms with E-state index in [0.29, 0.717) is 5.75 Å². The molecule has 1 unspecified atom stereocenters. The predicted octanol–water partition coefficient (Wildman–Crippen LogP) is 7.35. The lowest BCUT2D eigenvalue weighted by atomic mass is 9.62. The maximum absolute atomic E-state index is 13.5. The van der Waals surface area contributed by atoms with Gasteiger partial charge in [0.15, 0.2) is 0 Å². The van der Waals surface area contributed by atoms with Crippen molar-refractivity contribution in [3.05, 3.63) is 99.9 Å². The number of carbonyl (C=O) groups is 1. The van der Waals surface area contributed by atoms with Crippen LogP contribution in [0.1, 0.15) is 84.8 Å². The Morgan fingerprint density at radius 3 is 2.00 bits per heavy atom. The summed E-state index contributed by atoms with van der Waals surface area (Å²) in [7, 11) is 0. The molecule has 0 heterocycles. The molecule has 0 spiro atoms. The van der Waals surface area contributed by atoms with E-state index in [9.17, 15) is 14.3 Å². The van der Waals surface area contributed by atoms with Gasteiger partial charge in [-0.2, -0.15) is 0 Å². The number of aromatic carboxylic acids is 1. The molecule has 1 atom stereocenters. The molecule has 1 aliphatic carbocycles. The molecule has 4 heteroatoms. The molecule has 172 valence electrons. The van der Waals surface area contributed by atoms with Gasteiger partial charge < -0.3 is 9.84 Å². The summed E-state index contributed by atoms with van der Waals surface area (Å²) in [6, 6.07) is 17.3. The summed E-state index contributed by atoms with van der Waals surface area (Å²) in [5.74, 6) is -0.731. The van der Waals surface area contributed by atoms with Crippen LogP contribution in [0.25, 0.3) is 0 Å². The van der Waals surface area contributed by atoms with Crippen molar-refractivity contribution in [3.8, 4) is 5.75 Å². The smallest absolute Gasteiger partial charge is 0.335 e. The van der Waals surface area contributed by atoms with E-state index < -0.39 is 12.1 Å². The van der Waals surface area contributed by atoms with Crippen molar-refractivity contribution in [2.75, 3.05) is 0 Å². The Balaban J connectivity index is 1.86. The van der Waals surface area contributed by atoms with E-state index in [0.717, 1.165) is 29.5 Å². The van der Waals surface area contributed by atoms with Crippen LogP contribution in [-0.4, -0.2) is 11.1 Å². The SMILES string of the molecule is Cc1cc2c(cc1C(Oc1ccc(F)cc1)c1ccc(C(=O)O)cc1)C(C)(C)CCC2(C)C. The van der Waals surface area contributed by atoms with Crippen LogP contribution < -0.4 is 4.74 Å². The summed E-state index contributed by atoms with van der Waals surface area (Å²) in [6.45, 7) is 11.3. The zero-order valence-corrected chi connectivity index (χ0v) is 19.9. The summed E-state index contributed by atoms with van der Waals surface area (Å²) in [5.41, 5.74) is 6.08. The maximum Gasteiger partial charge on any atom is 0.335 e. The molecule has 0 aromatic heterocycles. The molecular formula is C29H31FO3. The van der Waals surface area contributed by atoms with Crippen molar-refractivity contribution in [2.45, 2.75) is 64.4 Å². The van der Waals surface area contributed by atoms with Crippen molar-refractivity contribution in [1.82, 2.24) is 0 Å². The molecule has 0 bridgehead atoms. The number of rotatable bonds is 5. The van der Waals surface area contributed by atoms with E-state index in [1.807, 2.05) is 0 Å². The molecule has 0 saturated carbocycles. The Labute approximate surface area is 195 Å². The zero-order chi connectivity index (χ0) is 24.0. The average Bonchev–Trinajstić information content (AvgIpc) is 2.77. The van der Waals surface area contributed by atoms with Crippen molar-refractivity contribution in [3.63, 3.8) is 0 Å². The second kappa shape index (κ2) is 8.33. The van der Waals surface area contributed by atoms with Gasteiger partial charge in [0, 0.05) is 5.56 Å². The minimum atomic E-state index is -0.966. The van der Waals surface area contributed by atoms with Gasteiger partial charge in [-0.25, -0.2) is 9.18 Å². The topological polar surface area (TPSA) is 46.5 Å².